The predicted molar refractivity (Wildman–Crippen MR) is 279 cm³/mol. The quantitative estimate of drug-likeness (QED) is 0.121. The molecule has 20 heteroatoms. The second-order valence-electron chi connectivity index (χ2n) is 22.5. The van der Waals surface area contributed by atoms with Crippen molar-refractivity contribution in [3.63, 3.8) is 0 Å². The molecule has 1 saturated carbocycles. The summed E-state index contributed by atoms with van der Waals surface area (Å²) >= 11 is 0. The maximum absolute atomic E-state index is 14.6. The van der Waals surface area contributed by atoms with E-state index in [1.54, 1.807) is 40.9 Å². The molecule has 20 nitrogen and oxygen atoms in total. The van der Waals surface area contributed by atoms with Crippen LogP contribution in [-0.2, 0) is 76.4 Å². The van der Waals surface area contributed by atoms with Crippen LogP contribution in [0.4, 0.5) is 0 Å². The number of aliphatic hydroxyl groups is 2. The Bertz CT molecular complexity index is 2340. The first-order chi connectivity index (χ1) is 37.0. The number of fused-ring (bicyclic) bond motifs is 3. The number of amides is 3. The number of esters is 2. The van der Waals surface area contributed by atoms with Crippen molar-refractivity contribution in [2.45, 2.75) is 192 Å². The Kier molecular flexibility index (Phi) is 22.0. The fraction of sp³-hybridized carbons (Fsp3) is 0.707. The van der Waals surface area contributed by atoms with Gasteiger partial charge in [0.25, 0.3) is 23.5 Å². The molecule has 4 saturated heterocycles. The highest BCUT2D eigenvalue weighted by Crippen LogP contribution is 2.46. The molecule has 432 valence electrons. The summed E-state index contributed by atoms with van der Waals surface area (Å²) in [4.78, 5) is 127. The summed E-state index contributed by atoms with van der Waals surface area (Å²) in [5.74, 6) is -12.5. The van der Waals surface area contributed by atoms with Gasteiger partial charge in [0.2, 0.25) is 5.79 Å². The van der Waals surface area contributed by atoms with Crippen LogP contribution in [0.2, 0.25) is 0 Å². The number of nitrogens with zero attached hydrogens (tertiary/aromatic N) is 2. The summed E-state index contributed by atoms with van der Waals surface area (Å²) in [6, 6.07) is -1.23. The van der Waals surface area contributed by atoms with E-state index in [0.717, 1.165) is 5.57 Å². The van der Waals surface area contributed by atoms with E-state index in [1.807, 2.05) is 44.2 Å². The third-order valence-corrected chi connectivity index (χ3v) is 16.9. The molecular weight excluding hydrogens is 1010 g/mol. The second-order valence-corrected chi connectivity index (χ2v) is 22.5. The first-order valence-corrected chi connectivity index (χ1v) is 27.8. The number of rotatable bonds is 10. The van der Waals surface area contributed by atoms with E-state index in [2.05, 4.69) is 0 Å². The highest BCUT2D eigenvalue weighted by atomic mass is 16.7. The van der Waals surface area contributed by atoms with E-state index in [-0.39, 0.29) is 62.1 Å². The van der Waals surface area contributed by atoms with Gasteiger partial charge in [-0.05, 0) is 101 Å². The van der Waals surface area contributed by atoms with Crippen LogP contribution < -0.4 is 0 Å². The molecule has 5 fully saturated rings. The van der Waals surface area contributed by atoms with E-state index in [9.17, 15) is 53.4 Å². The van der Waals surface area contributed by atoms with Crippen molar-refractivity contribution in [1.82, 2.24) is 9.96 Å². The van der Waals surface area contributed by atoms with E-state index >= 15 is 0 Å². The van der Waals surface area contributed by atoms with Crippen LogP contribution in [0, 0.1) is 41.4 Å². The zero-order valence-electron chi connectivity index (χ0n) is 46.8. The van der Waals surface area contributed by atoms with Crippen molar-refractivity contribution in [3.05, 3.63) is 47.6 Å². The average molecular weight is 1100 g/mol. The third kappa shape index (κ3) is 14.9. The minimum absolute atomic E-state index is 0.0166. The lowest BCUT2D eigenvalue weighted by molar-refractivity contribution is -0.266. The van der Waals surface area contributed by atoms with Crippen molar-refractivity contribution >= 4 is 53.0 Å². The molecule has 78 heavy (non-hydrogen) atoms. The van der Waals surface area contributed by atoms with Gasteiger partial charge in [0, 0.05) is 77.2 Å². The molecule has 6 rings (SSSR count). The number of ether oxygens (including phenoxy) is 6. The number of carbonyl (C=O) groups excluding carboxylic acids is 9. The second kappa shape index (κ2) is 27.8. The Morgan fingerprint density at radius 3 is 2.18 bits per heavy atom. The maximum atomic E-state index is 14.6. The first-order valence-electron chi connectivity index (χ1n) is 27.8. The zero-order chi connectivity index (χ0) is 57.2. The summed E-state index contributed by atoms with van der Waals surface area (Å²) in [7, 11) is 4.39. The largest absolute Gasteiger partial charge is 0.460 e. The molecule has 3 amide bonds. The summed E-state index contributed by atoms with van der Waals surface area (Å²) in [6.45, 7) is 10.6. The van der Waals surface area contributed by atoms with Gasteiger partial charge in [0.05, 0.1) is 31.2 Å². The van der Waals surface area contributed by atoms with E-state index in [1.165, 1.54) is 19.1 Å². The molecule has 5 heterocycles. The number of hydrogen-bond acceptors (Lipinski definition) is 18. The van der Waals surface area contributed by atoms with Crippen LogP contribution in [0.3, 0.4) is 0 Å². The number of aliphatic hydroxyl groups excluding tert-OH is 1. The van der Waals surface area contributed by atoms with E-state index in [0.29, 0.717) is 68.4 Å². The van der Waals surface area contributed by atoms with Crippen molar-refractivity contribution in [1.29, 1.82) is 0 Å². The summed E-state index contributed by atoms with van der Waals surface area (Å²) in [5, 5.41) is 24.1. The number of carbonyl (C=O) groups is 9. The molecule has 1 unspecified atom stereocenters. The van der Waals surface area contributed by atoms with Gasteiger partial charge < -0.3 is 48.4 Å². The maximum Gasteiger partial charge on any atom is 0.333 e. The molecule has 6 bridgehead atoms. The third-order valence-electron chi connectivity index (χ3n) is 16.9. The number of Topliss-reactive ketones (excluding diaryl/α,β-unsaturated/α-hetero) is 3. The SMILES string of the molecule is CO[C@H]1C[C@@H]2CC[C@@H](C)[C@@](O)(O2)C(=O)C(=O)N2CCCC3[C@H]2C(=O)O[C@@H](CC(=O)[C@H](C)/C=C(\C)[C@@H](O)[C@@H](OC)C(=O)[C@H](C)C[C@H](C)/C=C/C=C/C=C/1C)[C@H]3C[C@@H]1CC[C@@H](OC(=O)CCC(=O)ON2C(=O)CCC2=O)[C@H](OC)C1. The van der Waals surface area contributed by atoms with Crippen molar-refractivity contribution in [3.8, 4) is 0 Å². The lowest BCUT2D eigenvalue weighted by atomic mass is 9.68. The van der Waals surface area contributed by atoms with Crippen molar-refractivity contribution in [2.75, 3.05) is 27.9 Å². The molecule has 1 aliphatic carbocycles. The van der Waals surface area contributed by atoms with Crippen LogP contribution >= 0.6 is 0 Å². The van der Waals surface area contributed by atoms with Gasteiger partial charge in [0.15, 0.2) is 5.78 Å². The standard InChI is InChI=1S/C58H82N2O18/c1-32-14-11-10-12-15-33(2)44(72-7)30-39-19-17-37(6)58(71,77-39)55(68)56(69)59-25-13-16-40-41(28-38-18-20-43(46(29-38)73-8)75-49(64)23-24-50(65)78-60-47(62)21-22-48(60)63)45(76-57(70)51(40)59)31-42(61)34(3)27-36(5)53(67)54(74-9)52(66)35(4)26-32/h10-12,14-15,27,32,34-35,37-41,43-46,51,53-54,67,71H,13,16-26,28-31H2,1-9H3/b12-10+,14-11+,33-15+,36-27+/t32-,34-,35-,37-,38+,39+,40?,41+,43-,44+,45+,46-,51+,53-,54+,58-/m1/s1. The van der Waals surface area contributed by atoms with Crippen LogP contribution in [0.1, 0.15) is 138 Å². The molecule has 2 N–H and O–H groups in total. The number of hydrogen-bond donors (Lipinski definition) is 2. The topological polar surface area (TPSA) is 265 Å². The van der Waals surface area contributed by atoms with Crippen LogP contribution in [0.25, 0.3) is 0 Å². The Hall–Kier alpha value is -5.25. The molecule has 16 atom stereocenters. The van der Waals surface area contributed by atoms with Gasteiger partial charge in [-0.25, -0.2) is 9.59 Å². The highest BCUT2D eigenvalue weighted by Gasteiger charge is 2.57. The van der Waals surface area contributed by atoms with Crippen LogP contribution in [-0.4, -0.2) is 156 Å². The number of imide groups is 1. The van der Waals surface area contributed by atoms with Gasteiger partial charge in [-0.3, -0.25) is 33.6 Å². The molecule has 0 radical (unpaired) electrons. The Balaban J connectivity index is 1.27. The molecule has 0 spiro atoms. The fourth-order valence-electron chi connectivity index (χ4n) is 12.3. The Labute approximate surface area is 457 Å². The van der Waals surface area contributed by atoms with Crippen molar-refractivity contribution in [2.24, 2.45) is 41.4 Å². The summed E-state index contributed by atoms with van der Waals surface area (Å²) in [6.07, 6.45) is 7.89. The highest BCUT2D eigenvalue weighted by molar-refractivity contribution is 6.39. The molecule has 0 aromatic heterocycles. The number of piperidine rings is 1. The van der Waals surface area contributed by atoms with Crippen molar-refractivity contribution < 1.29 is 86.6 Å². The lowest BCUT2D eigenvalue weighted by Crippen LogP contribution is -2.65. The normalized spacial score (nSPS) is 38.4. The van der Waals surface area contributed by atoms with Gasteiger partial charge in [-0.1, -0.05) is 64.2 Å². The van der Waals surface area contributed by atoms with Gasteiger partial charge in [-0.2, -0.15) is 0 Å². The fourth-order valence-corrected chi connectivity index (χ4v) is 12.3. The monoisotopic (exact) mass is 1090 g/mol. The van der Waals surface area contributed by atoms with E-state index < -0.39 is 132 Å². The Morgan fingerprint density at radius 2 is 1.50 bits per heavy atom. The summed E-state index contributed by atoms with van der Waals surface area (Å²) < 4.78 is 35.5. The molecule has 0 aromatic carbocycles. The molecular formula is C58H82N2O18. The molecule has 5 aliphatic heterocycles. The molecule has 6 aliphatic rings. The zero-order valence-corrected chi connectivity index (χ0v) is 46.8. The van der Waals surface area contributed by atoms with E-state index in [4.69, 9.17) is 33.3 Å². The summed E-state index contributed by atoms with van der Waals surface area (Å²) in [5.41, 5.74) is 1.19. The van der Waals surface area contributed by atoms with Gasteiger partial charge >= 0.3 is 17.9 Å². The lowest BCUT2D eigenvalue weighted by Gasteiger charge is -2.50. The molecule has 0 aromatic rings. The first kappa shape index (κ1) is 62.0. The minimum Gasteiger partial charge on any atom is -0.460 e. The Morgan fingerprint density at radius 1 is 0.795 bits per heavy atom. The predicted octanol–water partition coefficient (Wildman–Crippen LogP) is 5.34. The number of allylic oxidation sites excluding steroid dienone is 6. The van der Waals surface area contributed by atoms with Gasteiger partial charge in [0.1, 0.15) is 36.2 Å². The van der Waals surface area contributed by atoms with Crippen LogP contribution in [0.15, 0.2) is 47.6 Å². The number of hydroxylamine groups is 2. The van der Waals surface area contributed by atoms with Crippen LogP contribution in [0.5, 0.6) is 0 Å². The number of methoxy groups -OCH3 is 3. The average Bonchev–Trinajstić information content (AvgIpc) is 3.80. The number of ketones is 3. The van der Waals surface area contributed by atoms with Gasteiger partial charge in [-0.15, -0.1) is 5.06 Å². The smallest absolute Gasteiger partial charge is 0.333 e. The minimum atomic E-state index is -2.51.